The van der Waals surface area contributed by atoms with E-state index in [0.29, 0.717) is 9.13 Å². The molecule has 0 radical (unpaired) electrons. The minimum Gasteiger partial charge on any atom is -0.459 e. The second-order valence-electron chi connectivity index (χ2n) is 8.74. The van der Waals surface area contributed by atoms with Crippen LogP contribution in [0, 0.1) is 5.92 Å². The van der Waals surface area contributed by atoms with E-state index in [0.717, 1.165) is 26.1 Å². The van der Waals surface area contributed by atoms with E-state index >= 15 is 4.39 Å². The number of esters is 4. The van der Waals surface area contributed by atoms with E-state index in [4.69, 9.17) is 23.7 Å². The number of carbonyl (C=O) groups excluding carboxylic acids is 4. The molecule has 15 heteroatoms. The molecule has 3 heterocycles. The standard InChI is InChI=1S/C24H26FN3O11/c1-13(2)21(32)35-11-24(25)19(38-15(4)30)18(37-14(3)29)20(39-24)27-9-7-17(31)28(23(27)34)12-36-22(33)16-6-5-8-26-10-16/h5-10,13,18-20H,11-12H2,1-4H3/t18-,19+,20-,24-/m1/s1. The normalized spacial score (nSPS) is 22.3. The molecule has 2 aromatic rings. The first-order chi connectivity index (χ1) is 18.3. The van der Waals surface area contributed by atoms with Crippen molar-refractivity contribution in [2.45, 2.75) is 58.7 Å². The summed E-state index contributed by atoms with van der Waals surface area (Å²) in [4.78, 5) is 77.3. The zero-order valence-corrected chi connectivity index (χ0v) is 21.4. The molecule has 0 aliphatic carbocycles. The highest BCUT2D eigenvalue weighted by Gasteiger charge is 2.62. The van der Waals surface area contributed by atoms with Crippen molar-refractivity contribution in [3.05, 3.63) is 63.2 Å². The number of alkyl halides is 1. The lowest BCUT2D eigenvalue weighted by Gasteiger charge is -2.26. The molecule has 2 aromatic heterocycles. The molecule has 0 saturated carbocycles. The van der Waals surface area contributed by atoms with Crippen molar-refractivity contribution in [1.82, 2.24) is 14.1 Å². The van der Waals surface area contributed by atoms with Crippen LogP contribution in [0.25, 0.3) is 0 Å². The minimum absolute atomic E-state index is 0.0539. The molecule has 3 rings (SSSR count). The van der Waals surface area contributed by atoms with Crippen LogP contribution in [-0.4, -0.2) is 62.7 Å². The summed E-state index contributed by atoms with van der Waals surface area (Å²) in [5, 5.41) is 0. The van der Waals surface area contributed by atoms with Gasteiger partial charge in [0, 0.05) is 38.5 Å². The molecule has 0 bridgehead atoms. The molecule has 1 fully saturated rings. The molecule has 1 aliphatic heterocycles. The van der Waals surface area contributed by atoms with Gasteiger partial charge in [-0.2, -0.15) is 0 Å². The average Bonchev–Trinajstić information content (AvgIpc) is 3.13. The second-order valence-corrected chi connectivity index (χ2v) is 8.74. The Hall–Kier alpha value is -4.40. The maximum absolute atomic E-state index is 16.1. The van der Waals surface area contributed by atoms with E-state index in [9.17, 15) is 28.8 Å². The summed E-state index contributed by atoms with van der Waals surface area (Å²) >= 11 is 0. The topological polar surface area (TPSA) is 171 Å². The first-order valence-corrected chi connectivity index (χ1v) is 11.6. The molecular formula is C24H26FN3O11. The third kappa shape index (κ3) is 6.73. The van der Waals surface area contributed by atoms with Crippen LogP contribution in [0.15, 0.2) is 46.4 Å². The Bertz CT molecular complexity index is 1360. The van der Waals surface area contributed by atoms with Crippen LogP contribution in [0.5, 0.6) is 0 Å². The van der Waals surface area contributed by atoms with Crippen LogP contribution in [0.1, 0.15) is 44.3 Å². The fraction of sp³-hybridized carbons (Fsp3) is 0.458. The van der Waals surface area contributed by atoms with Crippen molar-refractivity contribution in [3.63, 3.8) is 0 Å². The Balaban J connectivity index is 1.99. The Morgan fingerprint density at radius 3 is 2.38 bits per heavy atom. The number of aromatic nitrogens is 3. The molecule has 0 aromatic carbocycles. The summed E-state index contributed by atoms with van der Waals surface area (Å²) in [7, 11) is 0. The van der Waals surface area contributed by atoms with Crippen LogP contribution >= 0.6 is 0 Å². The molecule has 4 atom stereocenters. The number of carbonyl (C=O) groups is 4. The average molecular weight is 551 g/mol. The molecule has 1 saturated heterocycles. The number of rotatable bonds is 9. The molecule has 0 amide bonds. The third-order valence-corrected chi connectivity index (χ3v) is 5.39. The van der Waals surface area contributed by atoms with E-state index in [1.54, 1.807) is 0 Å². The highest BCUT2D eigenvalue weighted by molar-refractivity contribution is 5.88. The molecule has 0 spiro atoms. The van der Waals surface area contributed by atoms with Gasteiger partial charge in [-0.15, -0.1) is 0 Å². The minimum atomic E-state index is -3.06. The number of hydrogen-bond acceptors (Lipinski definition) is 12. The molecule has 39 heavy (non-hydrogen) atoms. The SMILES string of the molecule is CC(=O)O[C@H]1[C@H](n2ccc(=O)n(COC(=O)c3cccnc3)c2=O)O[C@](F)(COC(=O)C(C)C)[C@H]1OC(C)=O. The Morgan fingerprint density at radius 1 is 1.10 bits per heavy atom. The van der Waals surface area contributed by atoms with Gasteiger partial charge in [0.2, 0.25) is 6.10 Å². The van der Waals surface area contributed by atoms with Gasteiger partial charge in [-0.25, -0.2) is 18.5 Å². The number of nitrogens with zero attached hydrogens (tertiary/aromatic N) is 3. The van der Waals surface area contributed by atoms with Crippen molar-refractivity contribution in [2.75, 3.05) is 6.61 Å². The zero-order chi connectivity index (χ0) is 28.9. The fourth-order valence-electron chi connectivity index (χ4n) is 3.58. The maximum Gasteiger partial charge on any atom is 0.341 e. The van der Waals surface area contributed by atoms with Gasteiger partial charge in [-0.05, 0) is 12.1 Å². The number of ether oxygens (including phenoxy) is 5. The Morgan fingerprint density at radius 2 is 1.79 bits per heavy atom. The van der Waals surface area contributed by atoms with E-state index in [1.165, 1.54) is 38.4 Å². The zero-order valence-electron chi connectivity index (χ0n) is 21.4. The molecule has 0 N–H and O–H groups in total. The quantitative estimate of drug-likeness (QED) is 0.312. The summed E-state index contributed by atoms with van der Waals surface area (Å²) in [6.07, 6.45) is -1.95. The van der Waals surface area contributed by atoms with Gasteiger partial charge in [-0.3, -0.25) is 28.7 Å². The number of halogens is 1. The van der Waals surface area contributed by atoms with E-state index in [1.807, 2.05) is 0 Å². The number of hydrogen-bond donors (Lipinski definition) is 0. The van der Waals surface area contributed by atoms with E-state index < -0.39 is 78.7 Å². The summed E-state index contributed by atoms with van der Waals surface area (Å²) in [6.45, 7) is 3.04. The van der Waals surface area contributed by atoms with Gasteiger partial charge in [0.15, 0.2) is 25.7 Å². The lowest BCUT2D eigenvalue weighted by Crippen LogP contribution is -2.48. The summed E-state index contributed by atoms with van der Waals surface area (Å²) in [5.74, 6) is -7.31. The lowest BCUT2D eigenvalue weighted by atomic mass is 10.1. The van der Waals surface area contributed by atoms with Crippen LogP contribution < -0.4 is 11.2 Å². The van der Waals surface area contributed by atoms with Crippen LogP contribution in [-0.2, 0) is 44.8 Å². The molecule has 210 valence electrons. The molecule has 0 unspecified atom stereocenters. The molecular weight excluding hydrogens is 525 g/mol. The lowest BCUT2D eigenvalue weighted by molar-refractivity contribution is -0.224. The third-order valence-electron chi connectivity index (χ3n) is 5.39. The van der Waals surface area contributed by atoms with E-state index in [2.05, 4.69) is 4.98 Å². The van der Waals surface area contributed by atoms with Gasteiger partial charge in [-0.1, -0.05) is 13.8 Å². The highest BCUT2D eigenvalue weighted by atomic mass is 19.2. The maximum atomic E-state index is 16.1. The van der Waals surface area contributed by atoms with Gasteiger partial charge in [0.1, 0.15) is 0 Å². The van der Waals surface area contributed by atoms with Gasteiger partial charge in [0.05, 0.1) is 11.5 Å². The summed E-state index contributed by atoms with van der Waals surface area (Å²) in [5.41, 5.74) is -1.97. The van der Waals surface area contributed by atoms with Crippen LogP contribution in [0.4, 0.5) is 4.39 Å². The van der Waals surface area contributed by atoms with Crippen molar-refractivity contribution in [2.24, 2.45) is 5.92 Å². The predicted molar refractivity (Wildman–Crippen MR) is 125 cm³/mol. The first-order valence-electron chi connectivity index (χ1n) is 11.6. The highest BCUT2D eigenvalue weighted by Crippen LogP contribution is 2.42. The monoisotopic (exact) mass is 551 g/mol. The van der Waals surface area contributed by atoms with E-state index in [-0.39, 0.29) is 5.56 Å². The fourth-order valence-corrected chi connectivity index (χ4v) is 3.58. The first kappa shape index (κ1) is 29.2. The van der Waals surface area contributed by atoms with Gasteiger partial charge < -0.3 is 23.7 Å². The van der Waals surface area contributed by atoms with Gasteiger partial charge in [0.25, 0.3) is 11.4 Å². The van der Waals surface area contributed by atoms with Crippen molar-refractivity contribution in [3.8, 4) is 0 Å². The summed E-state index contributed by atoms with van der Waals surface area (Å²) < 4.78 is 42.9. The predicted octanol–water partition coefficient (Wildman–Crippen LogP) is 0.477. The molecule has 1 aliphatic rings. The van der Waals surface area contributed by atoms with Crippen LogP contribution in [0.3, 0.4) is 0 Å². The van der Waals surface area contributed by atoms with Crippen LogP contribution in [0.2, 0.25) is 0 Å². The molecule has 14 nitrogen and oxygen atoms in total. The summed E-state index contributed by atoms with van der Waals surface area (Å²) in [6, 6.07) is 3.77. The van der Waals surface area contributed by atoms with Crippen molar-refractivity contribution in [1.29, 1.82) is 0 Å². The second kappa shape index (κ2) is 12.0. The Kier molecular flexibility index (Phi) is 8.96. The van der Waals surface area contributed by atoms with Gasteiger partial charge >= 0.3 is 29.6 Å². The number of pyridine rings is 1. The van der Waals surface area contributed by atoms with Crippen molar-refractivity contribution < 1.29 is 47.3 Å². The largest absolute Gasteiger partial charge is 0.459 e. The van der Waals surface area contributed by atoms with Crippen molar-refractivity contribution >= 4 is 23.9 Å². The Labute approximate surface area is 220 Å². The smallest absolute Gasteiger partial charge is 0.341 e.